The highest BCUT2D eigenvalue weighted by molar-refractivity contribution is 5.88. The van der Waals surface area contributed by atoms with Crippen LogP contribution < -0.4 is 5.32 Å². The van der Waals surface area contributed by atoms with E-state index >= 15 is 0 Å². The van der Waals surface area contributed by atoms with Gasteiger partial charge in [0.2, 0.25) is 0 Å². The number of aromatic nitrogens is 5. The Hall–Kier alpha value is -3.32. The van der Waals surface area contributed by atoms with Crippen LogP contribution in [0.3, 0.4) is 0 Å². The standard InChI is InChI=1S/C26H29N7/c1-17-22(6-7-25-23(17)16-32(2)31-25)24-8-9-26(30-29-24)28-21-11-18-13-33(14-19(18)12-21)15-20-5-3-4-10-27-20/h3-10,16,18-19,21H,11-15H2,1-2H3,(H,28,30)/t18-,19+,21?. The van der Waals surface area contributed by atoms with Crippen molar-refractivity contribution in [1.82, 2.24) is 29.9 Å². The van der Waals surface area contributed by atoms with Crippen molar-refractivity contribution in [2.24, 2.45) is 18.9 Å². The van der Waals surface area contributed by atoms with Gasteiger partial charge in [-0.1, -0.05) is 12.1 Å². The molecular weight excluding hydrogens is 410 g/mol. The average molecular weight is 440 g/mol. The Morgan fingerprint density at radius 2 is 1.85 bits per heavy atom. The number of benzene rings is 1. The molecule has 4 aromatic rings. The molecule has 1 aliphatic heterocycles. The number of hydrogen-bond acceptors (Lipinski definition) is 6. The monoisotopic (exact) mass is 439 g/mol. The van der Waals surface area contributed by atoms with Crippen molar-refractivity contribution in [2.45, 2.75) is 32.4 Å². The lowest BCUT2D eigenvalue weighted by Gasteiger charge is -2.19. The second-order valence-corrected chi connectivity index (χ2v) is 9.63. The Balaban J connectivity index is 1.08. The van der Waals surface area contributed by atoms with Gasteiger partial charge >= 0.3 is 0 Å². The highest BCUT2D eigenvalue weighted by Gasteiger charge is 2.40. The van der Waals surface area contributed by atoms with Crippen molar-refractivity contribution in [3.63, 3.8) is 0 Å². The number of likely N-dealkylation sites (tertiary alicyclic amines) is 1. The Morgan fingerprint density at radius 3 is 2.58 bits per heavy atom. The summed E-state index contributed by atoms with van der Waals surface area (Å²) in [4.78, 5) is 7.04. The van der Waals surface area contributed by atoms with Gasteiger partial charge < -0.3 is 5.32 Å². The second-order valence-electron chi connectivity index (χ2n) is 9.63. The van der Waals surface area contributed by atoms with Crippen molar-refractivity contribution in [2.75, 3.05) is 18.4 Å². The molecule has 168 valence electrons. The minimum absolute atomic E-state index is 0.477. The van der Waals surface area contributed by atoms with Gasteiger partial charge in [-0.3, -0.25) is 14.6 Å². The molecule has 1 saturated heterocycles. The molecule has 1 aromatic carbocycles. The van der Waals surface area contributed by atoms with E-state index in [-0.39, 0.29) is 0 Å². The van der Waals surface area contributed by atoms with Crippen LogP contribution in [-0.2, 0) is 13.6 Å². The van der Waals surface area contributed by atoms with Crippen molar-refractivity contribution >= 4 is 16.7 Å². The van der Waals surface area contributed by atoms with Crippen LogP contribution in [0.1, 0.15) is 24.1 Å². The molecule has 0 spiro atoms. The summed E-state index contributed by atoms with van der Waals surface area (Å²) in [6.45, 7) is 5.42. The van der Waals surface area contributed by atoms with Crippen LogP contribution >= 0.6 is 0 Å². The molecule has 7 nitrogen and oxygen atoms in total. The number of hydrogen-bond donors (Lipinski definition) is 1. The van der Waals surface area contributed by atoms with Crippen LogP contribution in [0.25, 0.3) is 22.2 Å². The lowest BCUT2D eigenvalue weighted by atomic mass is 10.0. The number of nitrogens with zero attached hydrogens (tertiary/aromatic N) is 6. The van der Waals surface area contributed by atoms with Gasteiger partial charge in [0.1, 0.15) is 5.82 Å². The number of fused-ring (bicyclic) bond motifs is 2. The largest absolute Gasteiger partial charge is 0.366 e. The summed E-state index contributed by atoms with van der Waals surface area (Å²) >= 11 is 0. The topological polar surface area (TPSA) is 71.8 Å². The number of nitrogens with one attached hydrogen (secondary N) is 1. The zero-order valence-corrected chi connectivity index (χ0v) is 19.1. The van der Waals surface area contributed by atoms with Crippen molar-refractivity contribution < 1.29 is 0 Å². The van der Waals surface area contributed by atoms with Crippen LogP contribution in [0.4, 0.5) is 5.82 Å². The normalized spacial score (nSPS) is 22.7. The van der Waals surface area contributed by atoms with E-state index in [1.807, 2.05) is 24.0 Å². The Labute approximate surface area is 193 Å². The molecular formula is C26H29N7. The van der Waals surface area contributed by atoms with E-state index in [1.165, 1.54) is 37.2 Å². The van der Waals surface area contributed by atoms with Gasteiger partial charge in [-0.15, -0.1) is 10.2 Å². The number of pyridine rings is 1. The lowest BCUT2D eigenvalue weighted by Crippen LogP contribution is -2.25. The highest BCUT2D eigenvalue weighted by atomic mass is 15.2. The summed E-state index contributed by atoms with van der Waals surface area (Å²) in [6, 6.07) is 14.9. The van der Waals surface area contributed by atoms with Gasteiger partial charge in [-0.25, -0.2) is 0 Å². The summed E-state index contributed by atoms with van der Waals surface area (Å²) < 4.78 is 1.86. The maximum Gasteiger partial charge on any atom is 0.148 e. The molecule has 0 bridgehead atoms. The zero-order valence-electron chi connectivity index (χ0n) is 19.1. The average Bonchev–Trinajstić information content (AvgIpc) is 3.48. The number of rotatable bonds is 5. The van der Waals surface area contributed by atoms with Gasteiger partial charge in [0, 0.05) is 56.1 Å². The SMILES string of the molecule is Cc1c(-c2ccc(NC3C[C@@H]4CN(Cc5ccccn5)C[C@@H]4C3)nn2)ccc2nn(C)cc12. The lowest BCUT2D eigenvalue weighted by molar-refractivity contribution is 0.297. The van der Waals surface area contributed by atoms with E-state index < -0.39 is 0 Å². The number of anilines is 1. The van der Waals surface area contributed by atoms with Crippen LogP contribution in [0.15, 0.2) is 54.9 Å². The van der Waals surface area contributed by atoms with Crippen molar-refractivity contribution in [1.29, 1.82) is 0 Å². The molecule has 1 N–H and O–H groups in total. The van der Waals surface area contributed by atoms with Gasteiger partial charge in [0.05, 0.1) is 16.9 Å². The van der Waals surface area contributed by atoms with Crippen LogP contribution in [0, 0.1) is 18.8 Å². The van der Waals surface area contributed by atoms with Crippen LogP contribution in [0.5, 0.6) is 0 Å². The molecule has 6 rings (SSSR count). The number of aryl methyl sites for hydroxylation is 2. The maximum absolute atomic E-state index is 4.54. The van der Waals surface area contributed by atoms with Crippen LogP contribution in [-0.4, -0.2) is 49.0 Å². The minimum atomic E-state index is 0.477. The van der Waals surface area contributed by atoms with Crippen molar-refractivity contribution in [3.05, 3.63) is 66.1 Å². The quantitative estimate of drug-likeness (QED) is 0.506. The molecule has 3 aromatic heterocycles. The first-order valence-electron chi connectivity index (χ1n) is 11.8. The van der Waals surface area contributed by atoms with Crippen LogP contribution in [0.2, 0.25) is 0 Å². The first-order chi connectivity index (χ1) is 16.1. The van der Waals surface area contributed by atoms with E-state index in [1.54, 1.807) is 0 Å². The predicted octanol–water partition coefficient (Wildman–Crippen LogP) is 4.06. The summed E-state index contributed by atoms with van der Waals surface area (Å²) in [5.74, 6) is 2.38. The van der Waals surface area contributed by atoms with E-state index in [4.69, 9.17) is 0 Å². The fourth-order valence-corrected chi connectivity index (χ4v) is 5.75. The van der Waals surface area contributed by atoms with Crippen molar-refractivity contribution in [3.8, 4) is 11.3 Å². The fourth-order valence-electron chi connectivity index (χ4n) is 5.75. The molecule has 1 aliphatic carbocycles. The summed E-state index contributed by atoms with van der Waals surface area (Å²) in [5.41, 5.74) is 5.38. The summed E-state index contributed by atoms with van der Waals surface area (Å²) in [5, 5.41) is 18.3. The Bertz CT molecular complexity index is 1250. The van der Waals surface area contributed by atoms with Gasteiger partial charge in [-0.05, 0) is 67.5 Å². The van der Waals surface area contributed by atoms with E-state index in [9.17, 15) is 0 Å². The first kappa shape index (κ1) is 20.3. The predicted molar refractivity (Wildman–Crippen MR) is 130 cm³/mol. The highest BCUT2D eigenvalue weighted by Crippen LogP contribution is 2.39. The van der Waals surface area contributed by atoms with E-state index in [0.29, 0.717) is 6.04 Å². The van der Waals surface area contributed by atoms with Gasteiger partial charge in [0.15, 0.2) is 0 Å². The summed E-state index contributed by atoms with van der Waals surface area (Å²) in [6.07, 6.45) is 6.34. The summed E-state index contributed by atoms with van der Waals surface area (Å²) in [7, 11) is 1.95. The third kappa shape index (κ3) is 3.97. The third-order valence-electron chi connectivity index (χ3n) is 7.30. The fraction of sp³-hybridized carbons (Fsp3) is 0.385. The van der Waals surface area contributed by atoms with E-state index in [2.05, 4.69) is 80.0 Å². The second kappa shape index (κ2) is 8.23. The molecule has 7 heteroatoms. The molecule has 3 atom stereocenters. The zero-order chi connectivity index (χ0) is 22.4. The molecule has 1 saturated carbocycles. The van der Waals surface area contributed by atoms with Gasteiger partial charge in [0.25, 0.3) is 0 Å². The molecule has 0 radical (unpaired) electrons. The first-order valence-corrected chi connectivity index (χ1v) is 11.8. The molecule has 33 heavy (non-hydrogen) atoms. The Morgan fingerprint density at radius 1 is 1.00 bits per heavy atom. The maximum atomic E-state index is 4.54. The minimum Gasteiger partial charge on any atom is -0.366 e. The third-order valence-corrected chi connectivity index (χ3v) is 7.30. The van der Waals surface area contributed by atoms with Gasteiger partial charge in [-0.2, -0.15) is 5.10 Å². The molecule has 1 unspecified atom stereocenters. The Kier molecular flexibility index (Phi) is 5.06. The van der Waals surface area contributed by atoms with E-state index in [0.717, 1.165) is 46.4 Å². The molecule has 2 fully saturated rings. The molecule has 0 amide bonds. The molecule has 4 heterocycles. The smallest absolute Gasteiger partial charge is 0.148 e. The molecule has 2 aliphatic rings.